The molecule has 0 atom stereocenters. The van der Waals surface area contributed by atoms with Crippen molar-refractivity contribution in [3.05, 3.63) is 81.4 Å². The van der Waals surface area contributed by atoms with E-state index in [0.29, 0.717) is 22.0 Å². The van der Waals surface area contributed by atoms with Crippen molar-refractivity contribution in [2.45, 2.75) is 19.5 Å². The van der Waals surface area contributed by atoms with Gasteiger partial charge in [0.2, 0.25) is 0 Å². The quantitative estimate of drug-likeness (QED) is 0.393. The van der Waals surface area contributed by atoms with E-state index in [2.05, 4.69) is 9.97 Å². The second-order valence-corrected chi connectivity index (χ2v) is 7.39. The largest absolute Gasteiger partial charge is 0.495 e. The predicted octanol–water partition coefficient (Wildman–Crippen LogP) is 5.69. The van der Waals surface area contributed by atoms with Crippen LogP contribution in [0.1, 0.15) is 18.3 Å². The molecule has 32 heavy (non-hydrogen) atoms. The number of benzene rings is 2. The maximum Gasteiger partial charge on any atom is 0.417 e. The molecule has 9 heteroatoms. The van der Waals surface area contributed by atoms with Crippen molar-refractivity contribution in [2.24, 2.45) is 0 Å². The number of halogens is 4. The number of para-hydroxylation sites is 2. The Bertz CT molecular complexity index is 1370. The topological polar surface area (TPSA) is 57.0 Å². The number of fused-ring (bicyclic) bond motifs is 1. The molecule has 2 aromatic carbocycles. The summed E-state index contributed by atoms with van der Waals surface area (Å²) in [6.45, 7) is 1.76. The van der Waals surface area contributed by atoms with Crippen molar-refractivity contribution >= 4 is 22.6 Å². The van der Waals surface area contributed by atoms with Crippen molar-refractivity contribution in [3.63, 3.8) is 0 Å². The van der Waals surface area contributed by atoms with Gasteiger partial charge in [0.15, 0.2) is 5.65 Å². The van der Waals surface area contributed by atoms with E-state index in [4.69, 9.17) is 16.3 Å². The highest BCUT2D eigenvalue weighted by Crippen LogP contribution is 2.36. The fourth-order valence-electron chi connectivity index (χ4n) is 3.52. The molecule has 5 nitrogen and oxygen atoms in total. The third-order valence-electron chi connectivity index (χ3n) is 5.00. The van der Waals surface area contributed by atoms with Gasteiger partial charge in [-0.2, -0.15) is 13.2 Å². The zero-order valence-corrected chi connectivity index (χ0v) is 17.8. The molecule has 0 amide bonds. The van der Waals surface area contributed by atoms with Crippen LogP contribution in [0.25, 0.3) is 28.0 Å². The lowest BCUT2D eigenvalue weighted by atomic mass is 10.1. The van der Waals surface area contributed by atoms with Crippen LogP contribution in [0.2, 0.25) is 5.02 Å². The lowest BCUT2D eigenvalue weighted by Crippen LogP contribution is -2.27. The molecule has 0 radical (unpaired) electrons. The van der Waals surface area contributed by atoms with Gasteiger partial charge in [-0.25, -0.2) is 9.97 Å². The average Bonchev–Trinajstić information content (AvgIpc) is 2.78. The summed E-state index contributed by atoms with van der Waals surface area (Å²) >= 11 is 5.89. The van der Waals surface area contributed by atoms with Crippen molar-refractivity contribution in [2.75, 3.05) is 7.11 Å². The van der Waals surface area contributed by atoms with E-state index in [-0.39, 0.29) is 23.6 Å². The van der Waals surface area contributed by atoms with Crippen LogP contribution < -0.4 is 10.3 Å². The maximum atomic E-state index is 14.1. The number of nitrogens with zero attached hydrogens (tertiary/aromatic N) is 3. The first-order chi connectivity index (χ1) is 15.2. The van der Waals surface area contributed by atoms with Crippen LogP contribution in [0.4, 0.5) is 13.2 Å². The van der Waals surface area contributed by atoms with Crippen molar-refractivity contribution < 1.29 is 17.9 Å². The molecule has 2 aromatic heterocycles. The Kier molecular flexibility index (Phi) is 5.64. The Morgan fingerprint density at radius 1 is 1.06 bits per heavy atom. The van der Waals surface area contributed by atoms with E-state index in [1.54, 1.807) is 55.5 Å². The molecule has 4 rings (SSSR count). The van der Waals surface area contributed by atoms with E-state index in [9.17, 15) is 18.0 Å². The minimum Gasteiger partial charge on any atom is -0.495 e. The van der Waals surface area contributed by atoms with Crippen LogP contribution in [-0.4, -0.2) is 21.6 Å². The molecule has 4 aromatic rings. The van der Waals surface area contributed by atoms with Crippen LogP contribution in [0, 0.1) is 0 Å². The van der Waals surface area contributed by atoms with Crippen LogP contribution in [0.15, 0.2) is 59.4 Å². The fourth-order valence-corrected chi connectivity index (χ4v) is 3.64. The number of pyridine rings is 1. The SMILES string of the molecule is CCc1nc2nc(-c3ccc(Cl)cc3)cc(C(F)(F)F)c2c(=O)n1-c1ccccc1OC. The second-order valence-electron chi connectivity index (χ2n) is 6.95. The molecule has 0 spiro atoms. The molecule has 0 saturated heterocycles. The number of rotatable bonds is 4. The molecule has 0 N–H and O–H groups in total. The highest BCUT2D eigenvalue weighted by molar-refractivity contribution is 6.30. The monoisotopic (exact) mass is 459 g/mol. The average molecular weight is 460 g/mol. The van der Waals surface area contributed by atoms with E-state index in [1.807, 2.05) is 0 Å². The smallest absolute Gasteiger partial charge is 0.417 e. The number of ether oxygens (including phenoxy) is 1. The number of hydrogen-bond donors (Lipinski definition) is 0. The highest BCUT2D eigenvalue weighted by atomic mass is 35.5. The molecule has 0 unspecified atom stereocenters. The standard InChI is InChI=1S/C23H17ClF3N3O2/c1-3-19-29-21-20(22(31)30(19)17-6-4-5-7-18(17)32-2)15(23(25,26)27)12-16(28-21)13-8-10-14(24)11-9-13/h4-12H,3H2,1-2H3. The second kappa shape index (κ2) is 8.27. The van der Waals surface area contributed by atoms with Crippen molar-refractivity contribution in [1.82, 2.24) is 14.5 Å². The Morgan fingerprint density at radius 3 is 2.38 bits per heavy atom. The van der Waals surface area contributed by atoms with Crippen molar-refractivity contribution in [1.29, 1.82) is 0 Å². The first-order valence-electron chi connectivity index (χ1n) is 9.67. The van der Waals surface area contributed by atoms with Gasteiger partial charge >= 0.3 is 6.18 Å². The lowest BCUT2D eigenvalue weighted by Gasteiger charge is -2.17. The van der Waals surface area contributed by atoms with E-state index >= 15 is 0 Å². The summed E-state index contributed by atoms with van der Waals surface area (Å²) in [5.74, 6) is 0.602. The number of hydrogen-bond acceptors (Lipinski definition) is 4. The summed E-state index contributed by atoms with van der Waals surface area (Å²) < 4.78 is 48.7. The third-order valence-corrected chi connectivity index (χ3v) is 5.25. The molecule has 2 heterocycles. The van der Waals surface area contributed by atoms with Crippen molar-refractivity contribution in [3.8, 4) is 22.7 Å². The van der Waals surface area contributed by atoms with Crippen LogP contribution in [0.5, 0.6) is 5.75 Å². The molecule has 0 saturated carbocycles. The summed E-state index contributed by atoms with van der Waals surface area (Å²) in [5.41, 5.74) is -1.45. The summed E-state index contributed by atoms with van der Waals surface area (Å²) in [6, 6.07) is 13.7. The molecule has 164 valence electrons. The van der Waals surface area contributed by atoms with Crippen LogP contribution in [0.3, 0.4) is 0 Å². The fraction of sp³-hybridized carbons (Fsp3) is 0.174. The Labute approximate surface area is 186 Å². The van der Waals surface area contributed by atoms with Gasteiger partial charge in [0.1, 0.15) is 11.6 Å². The normalized spacial score (nSPS) is 11.7. The van der Waals surface area contributed by atoms with Gasteiger partial charge in [-0.05, 0) is 30.3 Å². The molecule has 0 aliphatic heterocycles. The first kappa shape index (κ1) is 21.8. The van der Waals surface area contributed by atoms with Gasteiger partial charge in [-0.1, -0.05) is 42.8 Å². The van der Waals surface area contributed by atoms with Crippen LogP contribution in [-0.2, 0) is 12.6 Å². The van der Waals surface area contributed by atoms with Gasteiger partial charge in [0, 0.05) is 17.0 Å². The number of alkyl halides is 3. The molecule has 0 aliphatic rings. The highest BCUT2D eigenvalue weighted by Gasteiger charge is 2.36. The van der Waals surface area contributed by atoms with E-state index < -0.39 is 22.7 Å². The van der Waals surface area contributed by atoms with Gasteiger partial charge in [0.25, 0.3) is 5.56 Å². The van der Waals surface area contributed by atoms with E-state index in [0.717, 1.165) is 10.6 Å². The molecule has 0 fully saturated rings. The zero-order chi connectivity index (χ0) is 23.0. The third kappa shape index (κ3) is 3.82. The summed E-state index contributed by atoms with van der Waals surface area (Å²) in [4.78, 5) is 22.1. The number of aryl methyl sites for hydroxylation is 1. The maximum absolute atomic E-state index is 14.1. The summed E-state index contributed by atoms with van der Waals surface area (Å²) in [6.07, 6.45) is -4.51. The van der Waals surface area contributed by atoms with Crippen LogP contribution >= 0.6 is 11.6 Å². The summed E-state index contributed by atoms with van der Waals surface area (Å²) in [5, 5.41) is -0.157. The Morgan fingerprint density at radius 2 is 1.75 bits per heavy atom. The van der Waals surface area contributed by atoms with Gasteiger partial charge in [-0.15, -0.1) is 0 Å². The van der Waals surface area contributed by atoms with Gasteiger partial charge in [-0.3, -0.25) is 9.36 Å². The minimum atomic E-state index is -4.80. The lowest BCUT2D eigenvalue weighted by molar-refractivity contribution is -0.136. The first-order valence-corrected chi connectivity index (χ1v) is 10.1. The van der Waals surface area contributed by atoms with E-state index in [1.165, 1.54) is 7.11 Å². The Hall–Kier alpha value is -3.39. The van der Waals surface area contributed by atoms with Gasteiger partial charge < -0.3 is 4.74 Å². The minimum absolute atomic E-state index is 0.0467. The van der Waals surface area contributed by atoms with Gasteiger partial charge in [0.05, 0.1) is 29.4 Å². The predicted molar refractivity (Wildman–Crippen MR) is 117 cm³/mol. The molecular weight excluding hydrogens is 443 g/mol. The molecule has 0 bridgehead atoms. The number of aromatic nitrogens is 3. The summed E-state index contributed by atoms with van der Waals surface area (Å²) in [7, 11) is 1.42. The zero-order valence-electron chi connectivity index (χ0n) is 17.1. The molecular formula is C23H17ClF3N3O2. The molecule has 0 aliphatic carbocycles. The number of methoxy groups -OCH3 is 1. The Balaban J connectivity index is 2.11.